The van der Waals surface area contributed by atoms with Crippen molar-refractivity contribution in [1.29, 1.82) is 0 Å². The van der Waals surface area contributed by atoms with Crippen LogP contribution < -0.4 is 0 Å². The fourth-order valence-corrected chi connectivity index (χ4v) is 1.98. The van der Waals surface area contributed by atoms with Crippen molar-refractivity contribution in [2.75, 3.05) is 13.2 Å². The molecule has 0 amide bonds. The van der Waals surface area contributed by atoms with E-state index in [1.54, 1.807) is 0 Å². The highest BCUT2D eigenvalue weighted by Crippen LogP contribution is 2.37. The van der Waals surface area contributed by atoms with Crippen LogP contribution >= 0.6 is 27.5 Å². The number of hydrogen-bond acceptors (Lipinski definition) is 2. The number of benzene rings is 1. The molecule has 1 aromatic rings. The molecule has 1 aliphatic heterocycles. The van der Waals surface area contributed by atoms with E-state index in [1.807, 2.05) is 18.2 Å². The molecule has 0 aliphatic carbocycles. The van der Waals surface area contributed by atoms with E-state index < -0.39 is 5.60 Å². The predicted octanol–water partition coefficient (Wildman–Crippen LogP) is 2.32. The monoisotopic (exact) mass is 262 g/mol. The van der Waals surface area contributed by atoms with Gasteiger partial charge in [0.2, 0.25) is 0 Å². The van der Waals surface area contributed by atoms with E-state index in [1.165, 1.54) is 0 Å². The largest absolute Gasteiger partial charge is 0.380 e. The SMILES string of the molecule is OC1(c2cccc(Br)c2Cl)COC1. The van der Waals surface area contributed by atoms with Gasteiger partial charge in [0.15, 0.2) is 0 Å². The zero-order valence-corrected chi connectivity index (χ0v) is 9.10. The fourth-order valence-electron chi connectivity index (χ4n) is 1.31. The molecule has 0 unspecified atom stereocenters. The van der Waals surface area contributed by atoms with E-state index in [-0.39, 0.29) is 0 Å². The summed E-state index contributed by atoms with van der Waals surface area (Å²) < 4.78 is 5.76. The maximum absolute atomic E-state index is 9.96. The Morgan fingerprint density at radius 1 is 1.46 bits per heavy atom. The molecule has 0 bridgehead atoms. The van der Waals surface area contributed by atoms with Gasteiger partial charge in [-0.3, -0.25) is 0 Å². The van der Waals surface area contributed by atoms with E-state index in [4.69, 9.17) is 16.3 Å². The van der Waals surface area contributed by atoms with Crippen LogP contribution in [-0.4, -0.2) is 18.3 Å². The molecule has 1 fully saturated rings. The number of halogens is 2. The molecule has 1 heterocycles. The topological polar surface area (TPSA) is 29.5 Å². The highest BCUT2D eigenvalue weighted by atomic mass is 79.9. The second-order valence-electron chi connectivity index (χ2n) is 3.13. The molecule has 4 heteroatoms. The predicted molar refractivity (Wildman–Crippen MR) is 53.9 cm³/mol. The lowest BCUT2D eigenvalue weighted by atomic mass is 9.92. The summed E-state index contributed by atoms with van der Waals surface area (Å²) in [5.41, 5.74) is -0.157. The van der Waals surface area contributed by atoms with Crippen LogP contribution in [0.1, 0.15) is 5.56 Å². The van der Waals surface area contributed by atoms with Gasteiger partial charge in [-0.15, -0.1) is 0 Å². The lowest BCUT2D eigenvalue weighted by Crippen LogP contribution is -2.46. The Morgan fingerprint density at radius 3 is 2.69 bits per heavy atom. The summed E-state index contributed by atoms with van der Waals surface area (Å²) >= 11 is 9.34. The Balaban J connectivity index is 2.45. The minimum atomic E-state index is -0.888. The van der Waals surface area contributed by atoms with Crippen LogP contribution in [0.5, 0.6) is 0 Å². The summed E-state index contributed by atoms with van der Waals surface area (Å²) in [6, 6.07) is 5.51. The Morgan fingerprint density at radius 2 is 2.15 bits per heavy atom. The van der Waals surface area contributed by atoms with Crippen LogP contribution in [0.2, 0.25) is 5.02 Å². The van der Waals surface area contributed by atoms with Crippen molar-refractivity contribution in [3.05, 3.63) is 33.3 Å². The molecule has 13 heavy (non-hydrogen) atoms. The van der Waals surface area contributed by atoms with Gasteiger partial charge in [0.1, 0.15) is 5.60 Å². The molecule has 1 saturated heterocycles. The molecular formula is C9H8BrClO2. The maximum Gasteiger partial charge on any atom is 0.137 e. The van der Waals surface area contributed by atoms with Crippen LogP contribution in [0.4, 0.5) is 0 Å². The Labute approximate surface area is 89.6 Å². The first-order valence-corrected chi connectivity index (χ1v) is 5.05. The second kappa shape index (κ2) is 3.24. The van der Waals surface area contributed by atoms with Gasteiger partial charge in [-0.2, -0.15) is 0 Å². The van der Waals surface area contributed by atoms with Gasteiger partial charge in [-0.1, -0.05) is 23.7 Å². The zero-order chi connectivity index (χ0) is 9.47. The van der Waals surface area contributed by atoms with Crippen molar-refractivity contribution in [2.24, 2.45) is 0 Å². The minimum Gasteiger partial charge on any atom is -0.380 e. The van der Waals surface area contributed by atoms with E-state index in [2.05, 4.69) is 15.9 Å². The summed E-state index contributed by atoms with van der Waals surface area (Å²) in [4.78, 5) is 0. The Bertz CT molecular complexity index is 336. The smallest absolute Gasteiger partial charge is 0.137 e. The first-order chi connectivity index (χ1) is 6.13. The van der Waals surface area contributed by atoms with Gasteiger partial charge in [0.25, 0.3) is 0 Å². The quantitative estimate of drug-likeness (QED) is 0.842. The molecule has 2 nitrogen and oxygen atoms in total. The summed E-state index contributed by atoms with van der Waals surface area (Å²) in [7, 11) is 0. The van der Waals surface area contributed by atoms with E-state index in [9.17, 15) is 5.11 Å². The third-order valence-corrected chi connectivity index (χ3v) is 3.43. The molecule has 1 N–H and O–H groups in total. The summed E-state index contributed by atoms with van der Waals surface area (Å²) in [5, 5.41) is 10.5. The first kappa shape index (κ1) is 9.46. The second-order valence-corrected chi connectivity index (χ2v) is 4.36. The lowest BCUT2D eigenvalue weighted by Gasteiger charge is -2.37. The van der Waals surface area contributed by atoms with Crippen molar-refractivity contribution in [1.82, 2.24) is 0 Å². The molecule has 70 valence electrons. The molecule has 0 atom stereocenters. The van der Waals surface area contributed by atoms with E-state index in [0.717, 1.165) is 10.0 Å². The van der Waals surface area contributed by atoms with Crippen LogP contribution in [0.15, 0.2) is 22.7 Å². The molecule has 1 aliphatic rings. The van der Waals surface area contributed by atoms with Crippen LogP contribution in [0.3, 0.4) is 0 Å². The average Bonchev–Trinajstić information content (AvgIpc) is 2.06. The van der Waals surface area contributed by atoms with Crippen molar-refractivity contribution in [2.45, 2.75) is 5.60 Å². The van der Waals surface area contributed by atoms with Crippen LogP contribution in [0, 0.1) is 0 Å². The van der Waals surface area contributed by atoms with Crippen molar-refractivity contribution in [3.8, 4) is 0 Å². The minimum absolute atomic E-state index is 0.323. The van der Waals surface area contributed by atoms with Gasteiger partial charge >= 0.3 is 0 Å². The standard InChI is InChI=1S/C9H8BrClO2/c10-7-3-1-2-6(8(7)11)9(12)4-13-5-9/h1-3,12H,4-5H2. The lowest BCUT2D eigenvalue weighted by molar-refractivity contribution is -0.184. The molecule has 0 aromatic heterocycles. The molecule has 2 rings (SSSR count). The van der Waals surface area contributed by atoms with Crippen LogP contribution in [0.25, 0.3) is 0 Å². The van der Waals surface area contributed by atoms with E-state index in [0.29, 0.717) is 18.2 Å². The van der Waals surface area contributed by atoms with Crippen LogP contribution in [-0.2, 0) is 10.3 Å². The Kier molecular flexibility index (Phi) is 2.36. The van der Waals surface area contributed by atoms with Gasteiger partial charge in [-0.25, -0.2) is 0 Å². The highest BCUT2D eigenvalue weighted by Gasteiger charge is 2.39. The molecule has 0 spiro atoms. The fraction of sp³-hybridized carbons (Fsp3) is 0.333. The summed E-state index contributed by atoms with van der Waals surface area (Å²) in [6.07, 6.45) is 0. The van der Waals surface area contributed by atoms with Crippen molar-refractivity contribution in [3.63, 3.8) is 0 Å². The van der Waals surface area contributed by atoms with Crippen molar-refractivity contribution < 1.29 is 9.84 Å². The van der Waals surface area contributed by atoms with Crippen molar-refractivity contribution >= 4 is 27.5 Å². The molecule has 0 saturated carbocycles. The molecule has 0 radical (unpaired) electrons. The third-order valence-electron chi connectivity index (χ3n) is 2.13. The summed E-state index contributed by atoms with van der Waals surface area (Å²) in [5.74, 6) is 0. The van der Waals surface area contributed by atoms with Gasteiger partial charge < -0.3 is 9.84 Å². The summed E-state index contributed by atoms with van der Waals surface area (Å²) in [6.45, 7) is 0.645. The van der Waals surface area contributed by atoms with Gasteiger partial charge in [-0.05, 0) is 22.0 Å². The number of rotatable bonds is 1. The normalized spacial score (nSPS) is 19.6. The number of hydrogen-bond donors (Lipinski definition) is 1. The van der Waals surface area contributed by atoms with Gasteiger partial charge in [0.05, 0.1) is 18.2 Å². The molecular weight excluding hydrogens is 255 g/mol. The first-order valence-electron chi connectivity index (χ1n) is 3.88. The Hall–Kier alpha value is -0.0900. The maximum atomic E-state index is 9.96. The number of aliphatic hydroxyl groups is 1. The zero-order valence-electron chi connectivity index (χ0n) is 6.76. The average molecular weight is 264 g/mol. The third kappa shape index (κ3) is 1.50. The highest BCUT2D eigenvalue weighted by molar-refractivity contribution is 9.10. The number of ether oxygens (including phenoxy) is 1. The van der Waals surface area contributed by atoms with Gasteiger partial charge in [0, 0.05) is 10.0 Å². The van der Waals surface area contributed by atoms with E-state index >= 15 is 0 Å². The molecule has 1 aromatic carbocycles.